The number of hydrogen-bond acceptors (Lipinski definition) is 4. The second kappa shape index (κ2) is 9.93. The minimum atomic E-state index is 0.0284. The normalized spacial score (nSPS) is 16.7. The molecule has 4 nitrogen and oxygen atoms in total. The van der Waals surface area contributed by atoms with Crippen molar-refractivity contribution in [1.29, 1.82) is 0 Å². The molecule has 0 fully saturated rings. The predicted octanol–water partition coefficient (Wildman–Crippen LogP) is 7.48. The molecule has 1 aliphatic carbocycles. The van der Waals surface area contributed by atoms with E-state index in [2.05, 4.69) is 58.9 Å². The van der Waals surface area contributed by atoms with Crippen LogP contribution in [0.1, 0.15) is 73.8 Å². The van der Waals surface area contributed by atoms with Crippen LogP contribution in [0.2, 0.25) is 0 Å². The molecule has 0 aliphatic heterocycles. The Bertz CT molecular complexity index is 1260. The number of amides is 1. The van der Waals surface area contributed by atoms with Gasteiger partial charge in [-0.1, -0.05) is 45.9 Å². The summed E-state index contributed by atoms with van der Waals surface area (Å²) < 4.78 is 11.4. The molecule has 0 saturated carbocycles. The fourth-order valence-electron chi connectivity index (χ4n) is 5.25. The number of para-hydroxylation sites is 1. The number of carbonyl (C=O) groups is 1. The second-order valence-electron chi connectivity index (χ2n) is 11.3. The van der Waals surface area contributed by atoms with E-state index in [0.717, 1.165) is 51.6 Å². The molecule has 1 aromatic heterocycles. The van der Waals surface area contributed by atoms with Crippen LogP contribution in [0.3, 0.4) is 0 Å². The van der Waals surface area contributed by atoms with E-state index in [1.807, 2.05) is 36.2 Å². The van der Waals surface area contributed by atoms with E-state index in [0.29, 0.717) is 0 Å². The van der Waals surface area contributed by atoms with Crippen LogP contribution in [0.5, 0.6) is 11.5 Å². The Morgan fingerprint density at radius 1 is 0.944 bits per heavy atom. The third-order valence-electron chi connectivity index (χ3n) is 7.94. The maximum atomic E-state index is 13.4. The van der Waals surface area contributed by atoms with Gasteiger partial charge in [-0.3, -0.25) is 4.79 Å². The average molecular weight is 506 g/mol. The van der Waals surface area contributed by atoms with Gasteiger partial charge in [-0.25, -0.2) is 0 Å². The summed E-state index contributed by atoms with van der Waals surface area (Å²) >= 11 is 1.54. The monoisotopic (exact) mass is 505 g/mol. The van der Waals surface area contributed by atoms with E-state index in [-0.39, 0.29) is 22.8 Å². The average Bonchev–Trinajstić information content (AvgIpc) is 3.35. The van der Waals surface area contributed by atoms with Crippen LogP contribution in [0.25, 0.3) is 10.4 Å². The van der Waals surface area contributed by atoms with Crippen LogP contribution in [-0.4, -0.2) is 38.1 Å². The van der Waals surface area contributed by atoms with Crippen LogP contribution < -0.4 is 9.47 Å². The highest BCUT2D eigenvalue weighted by Gasteiger charge is 2.38. The van der Waals surface area contributed by atoms with Gasteiger partial charge in [0.2, 0.25) is 0 Å². The van der Waals surface area contributed by atoms with Crippen molar-refractivity contribution < 1.29 is 14.3 Å². The molecule has 36 heavy (non-hydrogen) atoms. The summed E-state index contributed by atoms with van der Waals surface area (Å²) in [6.07, 6.45) is 3.04. The van der Waals surface area contributed by atoms with Crippen molar-refractivity contribution in [2.75, 3.05) is 21.3 Å². The Kier molecular flexibility index (Phi) is 7.25. The van der Waals surface area contributed by atoms with Crippen LogP contribution in [0.4, 0.5) is 0 Å². The van der Waals surface area contributed by atoms with Crippen LogP contribution >= 0.6 is 11.3 Å². The zero-order valence-electron chi connectivity index (χ0n) is 22.9. The van der Waals surface area contributed by atoms with Crippen molar-refractivity contribution in [3.8, 4) is 21.9 Å². The number of benzene rings is 2. The number of methoxy groups -OCH3 is 2. The Hall–Kier alpha value is -2.79. The highest BCUT2D eigenvalue weighted by atomic mass is 32.1. The summed E-state index contributed by atoms with van der Waals surface area (Å²) in [4.78, 5) is 17.0. The molecule has 5 heteroatoms. The lowest BCUT2D eigenvalue weighted by atomic mass is 9.63. The Morgan fingerprint density at radius 3 is 2.19 bits per heavy atom. The molecule has 3 aromatic rings. The zero-order valence-corrected chi connectivity index (χ0v) is 23.7. The van der Waals surface area contributed by atoms with Gasteiger partial charge in [0.1, 0.15) is 11.5 Å². The first kappa shape index (κ1) is 26.3. The highest BCUT2D eigenvalue weighted by molar-refractivity contribution is 7.17. The molecule has 1 atom stereocenters. The molecule has 192 valence electrons. The summed E-state index contributed by atoms with van der Waals surface area (Å²) in [5.74, 6) is 1.76. The summed E-state index contributed by atoms with van der Waals surface area (Å²) in [6, 6.07) is 16.6. The predicted molar refractivity (Wildman–Crippen MR) is 150 cm³/mol. The van der Waals surface area contributed by atoms with E-state index in [1.54, 1.807) is 14.2 Å². The van der Waals surface area contributed by atoms with Gasteiger partial charge >= 0.3 is 0 Å². The summed E-state index contributed by atoms with van der Waals surface area (Å²) in [5, 5.41) is 0. The maximum Gasteiger partial charge on any atom is 0.263 e. The molecule has 0 saturated heterocycles. The topological polar surface area (TPSA) is 38.8 Å². The molecule has 1 aliphatic rings. The van der Waals surface area contributed by atoms with Crippen LogP contribution in [-0.2, 0) is 17.3 Å². The highest BCUT2D eigenvalue weighted by Crippen LogP contribution is 2.49. The number of carbonyl (C=O) groups excluding carboxylic acids is 1. The fourth-order valence-corrected chi connectivity index (χ4v) is 6.26. The van der Waals surface area contributed by atoms with Crippen LogP contribution in [0.15, 0.2) is 48.5 Å². The quantitative estimate of drug-likeness (QED) is 0.334. The van der Waals surface area contributed by atoms with E-state index in [1.165, 1.54) is 22.5 Å². The van der Waals surface area contributed by atoms with Crippen LogP contribution in [0, 0.1) is 0 Å². The molecule has 0 radical (unpaired) electrons. The molecular weight excluding hydrogens is 466 g/mol. The molecule has 2 aromatic carbocycles. The van der Waals surface area contributed by atoms with E-state index in [9.17, 15) is 4.79 Å². The minimum Gasteiger partial charge on any atom is -0.496 e. The van der Waals surface area contributed by atoms with Gasteiger partial charge in [-0.15, -0.1) is 11.3 Å². The molecule has 0 N–H and O–H groups in total. The van der Waals surface area contributed by atoms with Crippen molar-refractivity contribution in [3.05, 3.63) is 70.1 Å². The van der Waals surface area contributed by atoms with Crippen molar-refractivity contribution >= 4 is 17.2 Å². The molecule has 1 amide bonds. The number of hydrogen-bond donors (Lipinski definition) is 0. The number of fused-ring (bicyclic) bond motifs is 1. The van der Waals surface area contributed by atoms with E-state index < -0.39 is 0 Å². The lowest BCUT2D eigenvalue weighted by Gasteiger charge is -2.42. The second-order valence-corrected chi connectivity index (χ2v) is 12.4. The molecular formula is C31H39NO3S. The van der Waals surface area contributed by atoms with E-state index in [4.69, 9.17) is 9.47 Å². The summed E-state index contributed by atoms with van der Waals surface area (Å²) in [7, 11) is 5.30. The van der Waals surface area contributed by atoms with Gasteiger partial charge in [0.25, 0.3) is 5.91 Å². The maximum absolute atomic E-state index is 13.4. The summed E-state index contributed by atoms with van der Waals surface area (Å²) in [5.41, 5.74) is 5.15. The van der Waals surface area contributed by atoms with Gasteiger partial charge < -0.3 is 14.4 Å². The lowest BCUT2D eigenvalue weighted by molar-refractivity contribution is 0.0748. The third kappa shape index (κ3) is 4.90. The molecule has 1 heterocycles. The Labute approximate surface area is 220 Å². The van der Waals surface area contributed by atoms with Gasteiger partial charge in [0, 0.05) is 23.5 Å². The molecule has 1 unspecified atom stereocenters. The number of thiophene rings is 1. The number of likely N-dealkylation sites (N-methyl/N-ethyl adjacent to an activating group) is 1. The Balaban J connectivity index is 1.62. The van der Waals surface area contributed by atoms with E-state index >= 15 is 0 Å². The molecule has 4 rings (SSSR count). The number of ether oxygens (including phenoxy) is 2. The van der Waals surface area contributed by atoms with Gasteiger partial charge in [0.05, 0.1) is 19.1 Å². The first-order chi connectivity index (χ1) is 17.0. The number of nitrogens with zero attached hydrogens (tertiary/aromatic N) is 1. The van der Waals surface area contributed by atoms with Crippen molar-refractivity contribution in [2.45, 2.75) is 70.8 Å². The molecule has 0 spiro atoms. The lowest BCUT2D eigenvalue weighted by Crippen LogP contribution is -2.36. The fraction of sp³-hybridized carbons (Fsp3) is 0.452. The third-order valence-corrected chi connectivity index (χ3v) is 9.05. The molecule has 0 bridgehead atoms. The SMILES string of the molecule is COc1ccccc1CC(C)N(C)C(=O)c1ccc(-c2cc3c(cc2OC)C(C)(C)CCC3(C)C)s1. The summed E-state index contributed by atoms with van der Waals surface area (Å²) in [6.45, 7) is 11.4. The van der Waals surface area contributed by atoms with Crippen molar-refractivity contribution in [1.82, 2.24) is 4.90 Å². The standard InChI is InChI=1S/C31H39NO3S/c1-20(17-21-11-9-10-12-25(21)34-7)32(6)29(33)28-14-13-27(36-28)22-18-23-24(19-26(22)35-8)31(4,5)16-15-30(23,2)3/h9-14,18-20H,15-17H2,1-8H3. The smallest absolute Gasteiger partial charge is 0.263 e. The minimum absolute atomic E-state index is 0.0284. The van der Waals surface area contributed by atoms with Crippen molar-refractivity contribution in [2.24, 2.45) is 0 Å². The van der Waals surface area contributed by atoms with Crippen molar-refractivity contribution in [3.63, 3.8) is 0 Å². The van der Waals surface area contributed by atoms with Gasteiger partial charge in [-0.05, 0) is 84.0 Å². The number of rotatable bonds is 7. The van der Waals surface area contributed by atoms with Gasteiger partial charge in [0.15, 0.2) is 0 Å². The first-order valence-electron chi connectivity index (χ1n) is 12.7. The van der Waals surface area contributed by atoms with Gasteiger partial charge in [-0.2, -0.15) is 0 Å². The first-order valence-corrected chi connectivity index (χ1v) is 13.5. The largest absolute Gasteiger partial charge is 0.496 e. The Morgan fingerprint density at radius 2 is 1.56 bits per heavy atom. The zero-order chi connectivity index (χ0) is 26.3.